The monoisotopic (exact) mass is 291 g/mol. The van der Waals surface area contributed by atoms with Gasteiger partial charge in [0, 0.05) is 19.1 Å². The first-order valence-corrected chi connectivity index (χ1v) is 8.22. The third-order valence-electron chi connectivity index (χ3n) is 4.50. The van der Waals surface area contributed by atoms with E-state index in [9.17, 15) is 8.42 Å². The van der Waals surface area contributed by atoms with Crippen molar-refractivity contribution in [3.63, 3.8) is 0 Å². The molecule has 6 heteroatoms. The Labute approximate surface area is 119 Å². The summed E-state index contributed by atoms with van der Waals surface area (Å²) < 4.78 is 26.7. The molecule has 5 nitrogen and oxygen atoms in total. The zero-order valence-electron chi connectivity index (χ0n) is 11.1. The highest BCUT2D eigenvalue weighted by Crippen LogP contribution is 2.39. The Hall–Kier alpha value is -1.42. The lowest BCUT2D eigenvalue weighted by molar-refractivity contribution is 0.427. The van der Waals surface area contributed by atoms with Gasteiger partial charge in [0.1, 0.15) is 0 Å². The van der Waals surface area contributed by atoms with Crippen LogP contribution in [0.5, 0.6) is 0 Å². The van der Waals surface area contributed by atoms with Crippen LogP contribution in [-0.4, -0.2) is 31.9 Å². The van der Waals surface area contributed by atoms with Crippen molar-refractivity contribution in [2.75, 3.05) is 13.1 Å². The van der Waals surface area contributed by atoms with Crippen LogP contribution in [0, 0.1) is 23.2 Å². The number of rotatable bonds is 2. The van der Waals surface area contributed by atoms with E-state index in [0.29, 0.717) is 30.5 Å². The third kappa shape index (κ3) is 2.12. The fourth-order valence-electron chi connectivity index (χ4n) is 3.31. The summed E-state index contributed by atoms with van der Waals surface area (Å²) in [7, 11) is -3.46. The van der Waals surface area contributed by atoms with Gasteiger partial charge < -0.3 is 5.73 Å². The first kappa shape index (κ1) is 13.6. The van der Waals surface area contributed by atoms with Gasteiger partial charge in [-0.1, -0.05) is 0 Å². The summed E-state index contributed by atoms with van der Waals surface area (Å²) in [6, 6.07) is 8.19. The van der Waals surface area contributed by atoms with Crippen molar-refractivity contribution in [3.8, 4) is 6.07 Å². The zero-order valence-corrected chi connectivity index (χ0v) is 11.9. The van der Waals surface area contributed by atoms with Crippen molar-refractivity contribution in [2.24, 2.45) is 17.6 Å². The van der Waals surface area contributed by atoms with E-state index in [-0.39, 0.29) is 10.9 Å². The zero-order chi connectivity index (χ0) is 14.3. The number of sulfonamides is 1. The van der Waals surface area contributed by atoms with E-state index in [4.69, 9.17) is 11.0 Å². The maximum atomic E-state index is 12.6. The highest BCUT2D eigenvalue weighted by molar-refractivity contribution is 7.89. The van der Waals surface area contributed by atoms with E-state index < -0.39 is 10.0 Å². The molecule has 0 radical (unpaired) electrons. The molecule has 1 aliphatic heterocycles. The SMILES string of the molecule is N#Cc1ccc(S(=O)(=O)N2CC3CCC(N)C3C2)cc1. The van der Waals surface area contributed by atoms with Crippen molar-refractivity contribution < 1.29 is 8.42 Å². The molecule has 0 aromatic heterocycles. The largest absolute Gasteiger partial charge is 0.327 e. The fourth-order valence-corrected chi connectivity index (χ4v) is 4.85. The first-order chi connectivity index (χ1) is 9.52. The molecule has 1 aromatic carbocycles. The number of nitriles is 1. The van der Waals surface area contributed by atoms with Gasteiger partial charge in [-0.2, -0.15) is 9.57 Å². The molecule has 1 heterocycles. The van der Waals surface area contributed by atoms with E-state index in [1.165, 1.54) is 24.3 Å². The molecule has 106 valence electrons. The number of fused-ring (bicyclic) bond motifs is 1. The van der Waals surface area contributed by atoms with Crippen LogP contribution >= 0.6 is 0 Å². The molecule has 3 rings (SSSR count). The summed E-state index contributed by atoms with van der Waals surface area (Å²) in [6.45, 7) is 1.09. The minimum atomic E-state index is -3.46. The van der Waals surface area contributed by atoms with Gasteiger partial charge in [0.15, 0.2) is 0 Å². The van der Waals surface area contributed by atoms with Gasteiger partial charge in [-0.05, 0) is 48.9 Å². The van der Waals surface area contributed by atoms with Gasteiger partial charge in [0.05, 0.1) is 16.5 Å². The third-order valence-corrected chi connectivity index (χ3v) is 6.35. The molecule has 2 aliphatic rings. The van der Waals surface area contributed by atoms with Gasteiger partial charge in [0.2, 0.25) is 10.0 Å². The van der Waals surface area contributed by atoms with Crippen LogP contribution in [0.15, 0.2) is 29.2 Å². The lowest BCUT2D eigenvalue weighted by Crippen LogP contribution is -2.33. The smallest absolute Gasteiger partial charge is 0.243 e. The quantitative estimate of drug-likeness (QED) is 0.877. The molecule has 3 unspecified atom stereocenters. The fraction of sp³-hybridized carbons (Fsp3) is 0.500. The molecule has 1 aliphatic carbocycles. The summed E-state index contributed by atoms with van der Waals surface area (Å²) >= 11 is 0. The average molecular weight is 291 g/mol. The summed E-state index contributed by atoms with van der Waals surface area (Å²) in [6.07, 6.45) is 2.02. The number of hydrogen-bond donors (Lipinski definition) is 1. The molecule has 2 fully saturated rings. The Morgan fingerprint density at radius 2 is 1.90 bits per heavy atom. The number of nitrogens with two attached hydrogens (primary N) is 1. The second kappa shape index (κ2) is 4.85. The van der Waals surface area contributed by atoms with Crippen molar-refractivity contribution >= 4 is 10.0 Å². The molecular weight excluding hydrogens is 274 g/mol. The molecule has 1 aromatic rings. The van der Waals surface area contributed by atoms with E-state index in [2.05, 4.69) is 0 Å². The molecule has 1 saturated heterocycles. The topological polar surface area (TPSA) is 87.2 Å². The summed E-state index contributed by atoms with van der Waals surface area (Å²) in [5, 5.41) is 8.76. The van der Waals surface area contributed by atoms with E-state index >= 15 is 0 Å². The number of benzene rings is 1. The number of nitrogens with zero attached hydrogens (tertiary/aromatic N) is 2. The Balaban J connectivity index is 1.84. The Morgan fingerprint density at radius 1 is 1.20 bits per heavy atom. The highest BCUT2D eigenvalue weighted by atomic mass is 32.2. The minimum Gasteiger partial charge on any atom is -0.327 e. The lowest BCUT2D eigenvalue weighted by atomic mass is 9.98. The van der Waals surface area contributed by atoms with Crippen LogP contribution in [0.1, 0.15) is 18.4 Å². The Morgan fingerprint density at radius 3 is 2.50 bits per heavy atom. The second-order valence-corrected chi connectivity index (χ2v) is 7.56. The maximum Gasteiger partial charge on any atom is 0.243 e. The number of hydrogen-bond acceptors (Lipinski definition) is 4. The molecule has 3 atom stereocenters. The van der Waals surface area contributed by atoms with Gasteiger partial charge in [-0.25, -0.2) is 8.42 Å². The predicted molar refractivity (Wildman–Crippen MR) is 74.1 cm³/mol. The van der Waals surface area contributed by atoms with Crippen molar-refractivity contribution in [1.82, 2.24) is 4.31 Å². The van der Waals surface area contributed by atoms with Crippen molar-refractivity contribution in [2.45, 2.75) is 23.8 Å². The summed E-state index contributed by atoms with van der Waals surface area (Å²) in [5.74, 6) is 0.696. The van der Waals surface area contributed by atoms with Crippen molar-refractivity contribution in [1.29, 1.82) is 5.26 Å². The Bertz CT molecular complexity index is 648. The van der Waals surface area contributed by atoms with Crippen LogP contribution in [0.3, 0.4) is 0 Å². The predicted octanol–water partition coefficient (Wildman–Crippen LogP) is 0.916. The standard InChI is InChI=1S/C14H17N3O2S/c15-7-10-1-4-12(5-2-10)20(18,19)17-8-11-3-6-14(16)13(11)9-17/h1-2,4-5,11,13-14H,3,6,8-9,16H2. The van der Waals surface area contributed by atoms with Gasteiger partial charge in [-0.3, -0.25) is 0 Å². The molecule has 0 bridgehead atoms. The lowest BCUT2D eigenvalue weighted by Gasteiger charge is -2.18. The Kier molecular flexibility index (Phi) is 3.28. The first-order valence-electron chi connectivity index (χ1n) is 6.78. The maximum absolute atomic E-state index is 12.6. The van der Waals surface area contributed by atoms with Crippen LogP contribution < -0.4 is 5.73 Å². The second-order valence-electron chi connectivity index (χ2n) is 5.62. The molecular formula is C14H17N3O2S. The van der Waals surface area contributed by atoms with Gasteiger partial charge in [-0.15, -0.1) is 0 Å². The van der Waals surface area contributed by atoms with E-state index in [0.717, 1.165) is 12.8 Å². The molecule has 0 amide bonds. The molecule has 2 N–H and O–H groups in total. The van der Waals surface area contributed by atoms with Crippen LogP contribution in [0.4, 0.5) is 0 Å². The van der Waals surface area contributed by atoms with Crippen LogP contribution in [0.25, 0.3) is 0 Å². The minimum absolute atomic E-state index is 0.126. The van der Waals surface area contributed by atoms with Crippen LogP contribution in [0.2, 0.25) is 0 Å². The van der Waals surface area contributed by atoms with E-state index in [1.54, 1.807) is 4.31 Å². The summed E-state index contributed by atoms with van der Waals surface area (Å²) in [4.78, 5) is 0.255. The highest BCUT2D eigenvalue weighted by Gasteiger charge is 2.44. The normalized spacial score (nSPS) is 30.1. The van der Waals surface area contributed by atoms with Gasteiger partial charge >= 0.3 is 0 Å². The average Bonchev–Trinajstić information content (AvgIpc) is 3.02. The summed E-state index contributed by atoms with van der Waals surface area (Å²) in [5.41, 5.74) is 6.51. The molecule has 1 saturated carbocycles. The molecule has 0 spiro atoms. The van der Waals surface area contributed by atoms with Crippen molar-refractivity contribution in [3.05, 3.63) is 29.8 Å². The van der Waals surface area contributed by atoms with Crippen LogP contribution in [-0.2, 0) is 10.0 Å². The van der Waals surface area contributed by atoms with Gasteiger partial charge in [0.25, 0.3) is 0 Å². The molecule has 20 heavy (non-hydrogen) atoms. The van der Waals surface area contributed by atoms with E-state index in [1.807, 2.05) is 6.07 Å².